The van der Waals surface area contributed by atoms with Crippen molar-refractivity contribution in [3.05, 3.63) is 41.5 Å². The second kappa shape index (κ2) is 7.25. The molecule has 136 valence electrons. The van der Waals surface area contributed by atoms with Crippen LogP contribution in [-0.2, 0) is 6.42 Å². The fourth-order valence-corrected chi connectivity index (χ4v) is 3.45. The number of para-hydroxylation sites is 2. The molecule has 3 aromatic rings. The van der Waals surface area contributed by atoms with Crippen molar-refractivity contribution in [2.45, 2.75) is 32.2 Å². The molecule has 8 heteroatoms. The zero-order valence-electron chi connectivity index (χ0n) is 14.8. The Morgan fingerprint density at radius 2 is 2.12 bits per heavy atom. The quantitative estimate of drug-likeness (QED) is 0.643. The molecule has 0 aliphatic carbocycles. The molecule has 26 heavy (non-hydrogen) atoms. The minimum Gasteiger partial charge on any atom is -0.350 e. The van der Waals surface area contributed by atoms with Gasteiger partial charge in [0.2, 0.25) is 0 Å². The molecule has 1 aliphatic heterocycles. The summed E-state index contributed by atoms with van der Waals surface area (Å²) in [5.74, 6) is 0.681. The second-order valence-corrected chi connectivity index (χ2v) is 6.66. The van der Waals surface area contributed by atoms with E-state index >= 15 is 0 Å². The largest absolute Gasteiger partial charge is 0.350 e. The number of carbonyl (C=O) groups excluding carboxylic acids is 1. The zero-order chi connectivity index (χ0) is 17.9. The lowest BCUT2D eigenvalue weighted by molar-refractivity contribution is 0.0948. The van der Waals surface area contributed by atoms with Gasteiger partial charge in [-0.15, -0.1) is 5.10 Å². The van der Waals surface area contributed by atoms with Crippen molar-refractivity contribution < 1.29 is 4.79 Å². The van der Waals surface area contributed by atoms with E-state index in [1.165, 1.54) is 0 Å². The Hall–Kier alpha value is -2.74. The highest BCUT2D eigenvalue weighted by atomic mass is 16.2. The van der Waals surface area contributed by atoms with Gasteiger partial charge in [0.05, 0.1) is 22.8 Å². The smallest absolute Gasteiger partial charge is 0.273 e. The number of nitrogens with one attached hydrogen (secondary N) is 3. The van der Waals surface area contributed by atoms with Gasteiger partial charge in [-0.05, 0) is 45.0 Å². The number of imidazole rings is 1. The number of fused-ring (bicyclic) bond motifs is 1. The molecule has 4 rings (SSSR count). The van der Waals surface area contributed by atoms with Crippen LogP contribution in [0.3, 0.4) is 0 Å². The van der Waals surface area contributed by atoms with E-state index < -0.39 is 0 Å². The van der Waals surface area contributed by atoms with Crippen LogP contribution in [0.4, 0.5) is 0 Å². The van der Waals surface area contributed by atoms with Gasteiger partial charge in [0, 0.05) is 13.0 Å². The van der Waals surface area contributed by atoms with Gasteiger partial charge in [-0.3, -0.25) is 4.79 Å². The Bertz CT molecular complexity index is 874. The summed E-state index contributed by atoms with van der Waals surface area (Å²) in [7, 11) is 0. The zero-order valence-corrected chi connectivity index (χ0v) is 14.8. The van der Waals surface area contributed by atoms with Crippen LogP contribution in [0.15, 0.2) is 24.3 Å². The first-order chi connectivity index (χ1) is 12.7. The number of aromatic amines is 1. The third-order valence-electron chi connectivity index (χ3n) is 4.88. The highest BCUT2D eigenvalue weighted by Crippen LogP contribution is 2.20. The molecule has 0 unspecified atom stereocenters. The molecule has 3 heterocycles. The molecule has 0 atom stereocenters. The molecule has 2 aromatic heterocycles. The van der Waals surface area contributed by atoms with E-state index in [2.05, 4.69) is 30.9 Å². The Labute approximate surface area is 151 Å². The molecule has 1 aliphatic rings. The Morgan fingerprint density at radius 1 is 1.31 bits per heavy atom. The van der Waals surface area contributed by atoms with E-state index in [9.17, 15) is 4.79 Å². The summed E-state index contributed by atoms with van der Waals surface area (Å²) in [5.41, 5.74) is 3.19. The van der Waals surface area contributed by atoms with Crippen molar-refractivity contribution in [3.8, 4) is 0 Å². The second-order valence-electron chi connectivity index (χ2n) is 6.66. The molecular weight excluding hydrogens is 330 g/mol. The summed E-state index contributed by atoms with van der Waals surface area (Å²) in [6.07, 6.45) is 2.66. The maximum atomic E-state index is 12.5. The first-order valence-electron chi connectivity index (χ1n) is 9.06. The van der Waals surface area contributed by atoms with Gasteiger partial charge in [0.1, 0.15) is 5.82 Å². The Kier molecular flexibility index (Phi) is 4.66. The van der Waals surface area contributed by atoms with E-state index in [4.69, 9.17) is 0 Å². The molecule has 1 fully saturated rings. The van der Waals surface area contributed by atoms with E-state index in [1.54, 1.807) is 0 Å². The monoisotopic (exact) mass is 353 g/mol. The van der Waals surface area contributed by atoms with Crippen molar-refractivity contribution in [3.63, 3.8) is 0 Å². The van der Waals surface area contributed by atoms with Crippen LogP contribution in [0.1, 0.15) is 40.9 Å². The average molecular weight is 353 g/mol. The maximum absolute atomic E-state index is 12.5. The first kappa shape index (κ1) is 16.7. The minimum absolute atomic E-state index is 0.182. The van der Waals surface area contributed by atoms with Gasteiger partial charge < -0.3 is 15.6 Å². The van der Waals surface area contributed by atoms with Crippen molar-refractivity contribution in [1.29, 1.82) is 0 Å². The van der Waals surface area contributed by atoms with Gasteiger partial charge in [-0.2, -0.15) is 0 Å². The molecule has 1 aromatic carbocycles. The van der Waals surface area contributed by atoms with E-state index in [-0.39, 0.29) is 5.91 Å². The lowest BCUT2D eigenvalue weighted by Gasteiger charge is -2.23. The molecule has 0 saturated carbocycles. The van der Waals surface area contributed by atoms with Crippen LogP contribution in [0.2, 0.25) is 0 Å². The Balaban J connectivity index is 1.36. The summed E-state index contributed by atoms with van der Waals surface area (Å²) >= 11 is 0. The maximum Gasteiger partial charge on any atom is 0.273 e. The number of aromatic nitrogens is 5. The number of benzene rings is 1. The molecular formula is C18H23N7O. The fourth-order valence-electron chi connectivity index (χ4n) is 3.45. The van der Waals surface area contributed by atoms with Gasteiger partial charge in [-0.1, -0.05) is 17.3 Å². The number of piperidine rings is 1. The SMILES string of the molecule is Cc1c(C(=O)NCCc2nc3ccccc3[nH]2)nnn1C1CCNCC1. The summed E-state index contributed by atoms with van der Waals surface area (Å²) in [6, 6.07) is 8.22. The lowest BCUT2D eigenvalue weighted by atomic mass is 10.1. The number of rotatable bonds is 5. The normalized spacial score (nSPS) is 15.4. The number of amides is 1. The molecule has 0 radical (unpaired) electrons. The number of carbonyl (C=O) groups is 1. The topological polar surface area (TPSA) is 101 Å². The first-order valence-corrected chi connectivity index (χ1v) is 9.06. The van der Waals surface area contributed by atoms with Gasteiger partial charge >= 0.3 is 0 Å². The van der Waals surface area contributed by atoms with Crippen molar-refractivity contribution >= 4 is 16.9 Å². The van der Waals surface area contributed by atoms with Crippen LogP contribution in [0, 0.1) is 6.92 Å². The predicted molar refractivity (Wildman–Crippen MR) is 98.0 cm³/mol. The average Bonchev–Trinajstić information content (AvgIpc) is 3.25. The number of hydrogen-bond acceptors (Lipinski definition) is 5. The van der Waals surface area contributed by atoms with Crippen LogP contribution >= 0.6 is 0 Å². The molecule has 1 amide bonds. The van der Waals surface area contributed by atoms with E-state index in [0.29, 0.717) is 24.7 Å². The summed E-state index contributed by atoms with van der Waals surface area (Å²) in [5, 5.41) is 14.6. The third-order valence-corrected chi connectivity index (χ3v) is 4.88. The number of nitrogens with zero attached hydrogens (tertiary/aromatic N) is 4. The minimum atomic E-state index is -0.182. The number of hydrogen-bond donors (Lipinski definition) is 3. The summed E-state index contributed by atoms with van der Waals surface area (Å²) in [6.45, 7) is 4.36. The molecule has 8 nitrogen and oxygen atoms in total. The fraction of sp³-hybridized carbons (Fsp3) is 0.444. The molecule has 0 spiro atoms. The summed E-state index contributed by atoms with van der Waals surface area (Å²) in [4.78, 5) is 20.2. The van der Waals surface area contributed by atoms with Gasteiger partial charge in [-0.25, -0.2) is 9.67 Å². The van der Waals surface area contributed by atoms with Gasteiger partial charge in [0.15, 0.2) is 5.69 Å². The van der Waals surface area contributed by atoms with Crippen molar-refractivity contribution in [1.82, 2.24) is 35.6 Å². The van der Waals surface area contributed by atoms with Crippen molar-refractivity contribution in [2.24, 2.45) is 0 Å². The summed E-state index contributed by atoms with van der Waals surface area (Å²) < 4.78 is 1.90. The third kappa shape index (κ3) is 3.32. The highest BCUT2D eigenvalue weighted by Gasteiger charge is 2.22. The van der Waals surface area contributed by atoms with Crippen LogP contribution < -0.4 is 10.6 Å². The molecule has 3 N–H and O–H groups in total. The van der Waals surface area contributed by atoms with Crippen molar-refractivity contribution in [2.75, 3.05) is 19.6 Å². The Morgan fingerprint density at radius 3 is 2.92 bits per heavy atom. The van der Waals surface area contributed by atoms with Gasteiger partial charge in [0.25, 0.3) is 5.91 Å². The highest BCUT2D eigenvalue weighted by molar-refractivity contribution is 5.93. The number of H-pyrrole nitrogens is 1. The van der Waals surface area contributed by atoms with E-state index in [0.717, 1.165) is 48.5 Å². The van der Waals surface area contributed by atoms with Crippen LogP contribution in [0.25, 0.3) is 11.0 Å². The molecule has 1 saturated heterocycles. The molecule has 0 bridgehead atoms. The van der Waals surface area contributed by atoms with E-state index in [1.807, 2.05) is 35.9 Å². The predicted octanol–water partition coefficient (Wildman–Crippen LogP) is 1.36. The standard InChI is InChI=1S/C18H23N7O/c1-12-17(23-24-25(12)13-6-9-19-10-7-13)18(26)20-11-8-16-21-14-4-2-3-5-15(14)22-16/h2-5,13,19H,6-11H2,1H3,(H,20,26)(H,21,22). The lowest BCUT2D eigenvalue weighted by Crippen LogP contribution is -2.30. The van der Waals surface area contributed by atoms with Crippen LogP contribution in [0.5, 0.6) is 0 Å². The van der Waals surface area contributed by atoms with Crippen LogP contribution in [-0.4, -0.2) is 50.5 Å².